The van der Waals surface area contributed by atoms with Gasteiger partial charge in [0, 0.05) is 37.7 Å². The van der Waals surface area contributed by atoms with Crippen molar-refractivity contribution in [2.45, 2.75) is 32.9 Å². The van der Waals surface area contributed by atoms with Crippen LogP contribution in [0.25, 0.3) is 0 Å². The minimum Gasteiger partial charge on any atom is -0.389 e. The van der Waals surface area contributed by atoms with Crippen molar-refractivity contribution in [2.75, 3.05) is 27.3 Å². The van der Waals surface area contributed by atoms with Crippen molar-refractivity contribution in [1.29, 1.82) is 0 Å². The fourth-order valence-corrected chi connectivity index (χ4v) is 3.02. The van der Waals surface area contributed by atoms with Crippen LogP contribution in [0.5, 0.6) is 0 Å². The Morgan fingerprint density at radius 2 is 2.22 bits per heavy atom. The number of aromatic nitrogens is 1. The van der Waals surface area contributed by atoms with Gasteiger partial charge in [-0.3, -0.25) is 4.90 Å². The Morgan fingerprint density at radius 3 is 2.83 bits per heavy atom. The number of aliphatic hydroxyl groups excluding tert-OH is 1. The Balaban J connectivity index is 2.39. The van der Waals surface area contributed by atoms with Gasteiger partial charge in [0.05, 0.1) is 17.7 Å². The Hall–Kier alpha value is -0.490. The molecule has 1 unspecified atom stereocenters. The van der Waals surface area contributed by atoms with Crippen molar-refractivity contribution < 1.29 is 9.84 Å². The summed E-state index contributed by atoms with van der Waals surface area (Å²) in [5, 5.41) is 10.8. The molecule has 0 amide bonds. The van der Waals surface area contributed by atoms with Crippen molar-refractivity contribution in [2.24, 2.45) is 5.92 Å². The third-order valence-electron chi connectivity index (χ3n) is 2.49. The van der Waals surface area contributed by atoms with E-state index >= 15 is 0 Å². The van der Waals surface area contributed by atoms with Crippen LogP contribution in [0, 0.1) is 5.92 Å². The van der Waals surface area contributed by atoms with Gasteiger partial charge in [-0.2, -0.15) is 0 Å². The van der Waals surface area contributed by atoms with Crippen LogP contribution in [0.4, 0.5) is 0 Å². The molecule has 0 aliphatic rings. The molecule has 0 aromatic carbocycles. The number of methoxy groups -OCH3 is 1. The van der Waals surface area contributed by atoms with Crippen LogP contribution in [0.15, 0.2) is 6.20 Å². The van der Waals surface area contributed by atoms with Crippen LogP contribution in [-0.4, -0.2) is 48.4 Å². The van der Waals surface area contributed by atoms with Crippen molar-refractivity contribution in [3.8, 4) is 0 Å². The summed E-state index contributed by atoms with van der Waals surface area (Å²) in [6.07, 6.45) is 2.56. The van der Waals surface area contributed by atoms with E-state index in [1.165, 1.54) is 9.88 Å². The summed E-state index contributed by atoms with van der Waals surface area (Å²) >= 11 is 1.76. The zero-order valence-electron chi connectivity index (χ0n) is 11.7. The molecular weight excluding hydrogens is 248 g/mol. The minimum atomic E-state index is -0.428. The van der Waals surface area contributed by atoms with E-state index < -0.39 is 6.10 Å². The van der Waals surface area contributed by atoms with Gasteiger partial charge >= 0.3 is 0 Å². The molecular formula is C13H24N2O2S. The molecule has 1 N–H and O–H groups in total. The third kappa shape index (κ3) is 5.91. The van der Waals surface area contributed by atoms with E-state index in [9.17, 15) is 5.11 Å². The number of hydrogen-bond donors (Lipinski definition) is 1. The van der Waals surface area contributed by atoms with Crippen molar-refractivity contribution in [1.82, 2.24) is 9.88 Å². The van der Waals surface area contributed by atoms with Crippen LogP contribution in [0.2, 0.25) is 0 Å². The average molecular weight is 272 g/mol. The summed E-state index contributed by atoms with van der Waals surface area (Å²) in [7, 11) is 3.60. The summed E-state index contributed by atoms with van der Waals surface area (Å²) < 4.78 is 4.92. The van der Waals surface area contributed by atoms with Gasteiger partial charge in [0.25, 0.3) is 0 Å². The van der Waals surface area contributed by atoms with Gasteiger partial charge in [-0.05, 0) is 13.0 Å². The van der Waals surface area contributed by atoms with Crippen molar-refractivity contribution >= 4 is 11.3 Å². The zero-order chi connectivity index (χ0) is 13.5. The second-order valence-corrected chi connectivity index (χ2v) is 6.32. The first kappa shape index (κ1) is 15.6. The first-order chi connectivity index (χ1) is 8.51. The number of thiazole rings is 1. The maximum atomic E-state index is 9.64. The number of hydrogen-bond acceptors (Lipinski definition) is 5. The van der Waals surface area contributed by atoms with E-state index in [4.69, 9.17) is 4.74 Å². The molecule has 5 heteroatoms. The van der Waals surface area contributed by atoms with E-state index in [1.54, 1.807) is 18.4 Å². The Morgan fingerprint density at radius 1 is 1.50 bits per heavy atom. The normalized spacial score (nSPS) is 13.5. The topological polar surface area (TPSA) is 45.6 Å². The molecule has 1 heterocycles. The molecule has 1 aromatic heterocycles. The largest absolute Gasteiger partial charge is 0.389 e. The van der Waals surface area contributed by atoms with Gasteiger partial charge in [0.15, 0.2) is 0 Å². The monoisotopic (exact) mass is 272 g/mol. The van der Waals surface area contributed by atoms with Gasteiger partial charge in [0.2, 0.25) is 0 Å². The summed E-state index contributed by atoms with van der Waals surface area (Å²) in [6, 6.07) is 0. The highest BCUT2D eigenvalue weighted by molar-refractivity contribution is 7.11. The predicted octanol–water partition coefficient (Wildman–Crippen LogP) is 1.78. The molecule has 0 fully saturated rings. The van der Waals surface area contributed by atoms with Gasteiger partial charge in [-0.1, -0.05) is 13.8 Å². The maximum absolute atomic E-state index is 9.64. The van der Waals surface area contributed by atoms with Gasteiger partial charge in [-0.15, -0.1) is 11.3 Å². The number of rotatable bonds is 8. The summed E-state index contributed by atoms with van der Waals surface area (Å²) in [5.74, 6) is 0.644. The lowest BCUT2D eigenvalue weighted by Crippen LogP contribution is -2.31. The molecule has 0 saturated carbocycles. The molecule has 0 spiro atoms. The third-order valence-corrected chi connectivity index (χ3v) is 3.50. The van der Waals surface area contributed by atoms with Crippen LogP contribution in [0.1, 0.15) is 23.7 Å². The molecule has 0 aliphatic heterocycles. The SMILES string of the molecule is COCC(O)CN(C)Cc1cnc(CC(C)C)s1. The van der Waals surface area contributed by atoms with Crippen molar-refractivity contribution in [3.05, 3.63) is 16.1 Å². The molecule has 1 rings (SSSR count). The standard InChI is InChI=1S/C13H24N2O2S/c1-10(2)5-13-14-6-12(18-13)8-15(3)7-11(16)9-17-4/h6,10-11,16H,5,7-9H2,1-4H3. The average Bonchev–Trinajstić information content (AvgIpc) is 2.64. The second-order valence-electron chi connectivity index (χ2n) is 5.12. The molecule has 0 radical (unpaired) electrons. The number of nitrogens with zero attached hydrogens (tertiary/aromatic N) is 2. The molecule has 18 heavy (non-hydrogen) atoms. The molecule has 104 valence electrons. The second kappa shape index (κ2) is 7.84. The lowest BCUT2D eigenvalue weighted by molar-refractivity contribution is 0.0420. The lowest BCUT2D eigenvalue weighted by Gasteiger charge is -2.19. The molecule has 4 nitrogen and oxygen atoms in total. The summed E-state index contributed by atoms with van der Waals surface area (Å²) in [5.41, 5.74) is 0. The Bertz CT molecular complexity index is 341. The zero-order valence-corrected chi connectivity index (χ0v) is 12.5. The molecule has 1 aromatic rings. The smallest absolute Gasteiger partial charge is 0.0930 e. The van der Waals surface area contributed by atoms with Gasteiger partial charge in [0.1, 0.15) is 0 Å². The minimum absolute atomic E-state index is 0.381. The highest BCUT2D eigenvalue weighted by Crippen LogP contribution is 2.17. The molecule has 0 aliphatic carbocycles. The summed E-state index contributed by atoms with van der Waals surface area (Å²) in [6.45, 7) is 6.23. The van der Waals surface area contributed by atoms with E-state index in [-0.39, 0.29) is 0 Å². The molecule has 0 saturated heterocycles. The van der Waals surface area contributed by atoms with Crippen molar-refractivity contribution in [3.63, 3.8) is 0 Å². The fourth-order valence-electron chi connectivity index (χ4n) is 1.80. The van der Waals surface area contributed by atoms with E-state index in [1.807, 2.05) is 13.2 Å². The predicted molar refractivity (Wildman–Crippen MR) is 74.9 cm³/mol. The number of aliphatic hydroxyl groups is 1. The van der Waals surface area contributed by atoms with Crippen LogP contribution < -0.4 is 0 Å². The lowest BCUT2D eigenvalue weighted by atomic mass is 10.1. The quantitative estimate of drug-likeness (QED) is 0.783. The first-order valence-electron chi connectivity index (χ1n) is 6.30. The Labute approximate surface area is 114 Å². The maximum Gasteiger partial charge on any atom is 0.0930 e. The Kier molecular flexibility index (Phi) is 6.78. The first-order valence-corrected chi connectivity index (χ1v) is 7.12. The summed E-state index contributed by atoms with van der Waals surface area (Å²) in [4.78, 5) is 7.77. The molecule has 0 bridgehead atoms. The van der Waals surface area contributed by atoms with Crippen LogP contribution in [0.3, 0.4) is 0 Å². The number of likely N-dealkylation sites (N-methyl/N-ethyl adjacent to an activating group) is 1. The molecule has 1 atom stereocenters. The van der Waals surface area contributed by atoms with E-state index in [0.29, 0.717) is 19.1 Å². The fraction of sp³-hybridized carbons (Fsp3) is 0.769. The number of ether oxygens (including phenoxy) is 1. The highest BCUT2D eigenvalue weighted by atomic mass is 32.1. The van der Waals surface area contributed by atoms with E-state index in [0.717, 1.165) is 13.0 Å². The van der Waals surface area contributed by atoms with Gasteiger partial charge < -0.3 is 9.84 Å². The van der Waals surface area contributed by atoms with E-state index in [2.05, 4.69) is 23.7 Å². The van der Waals surface area contributed by atoms with Crippen LogP contribution in [-0.2, 0) is 17.7 Å². The van der Waals surface area contributed by atoms with Crippen LogP contribution >= 0.6 is 11.3 Å². The highest BCUT2D eigenvalue weighted by Gasteiger charge is 2.10. The van der Waals surface area contributed by atoms with Gasteiger partial charge in [-0.25, -0.2) is 4.98 Å².